The van der Waals surface area contributed by atoms with Crippen LogP contribution in [0.25, 0.3) is 0 Å². The molecule has 0 fully saturated rings. The first-order valence-corrected chi connectivity index (χ1v) is 9.51. The predicted octanol–water partition coefficient (Wildman–Crippen LogP) is 2.42. The van der Waals surface area contributed by atoms with E-state index < -0.39 is 15.1 Å². The summed E-state index contributed by atoms with van der Waals surface area (Å²) in [5.41, 5.74) is 0.886. The molecule has 1 aromatic carbocycles. The highest BCUT2D eigenvalue weighted by Gasteiger charge is 2.29. The minimum Gasteiger partial charge on any atom is -0.350 e. The molecule has 0 saturated heterocycles. The van der Waals surface area contributed by atoms with Gasteiger partial charge < -0.3 is 5.32 Å². The third kappa shape index (κ3) is 3.94. The summed E-state index contributed by atoms with van der Waals surface area (Å²) in [6.07, 6.45) is 6.07. The summed E-state index contributed by atoms with van der Waals surface area (Å²) in [4.78, 5) is 20.4. The van der Waals surface area contributed by atoms with Gasteiger partial charge in [0.2, 0.25) is 0 Å². The summed E-state index contributed by atoms with van der Waals surface area (Å²) in [5, 5.41) is 1.74. The maximum absolute atomic E-state index is 13.1. The lowest BCUT2D eigenvalue weighted by molar-refractivity contribution is 0.0953. The lowest BCUT2D eigenvalue weighted by Crippen LogP contribution is -2.32. The molecular formula is C19H17N3O3S. The number of aromatic nitrogens is 2. The Morgan fingerprint density at radius 3 is 2.23 bits per heavy atom. The standard InChI is InChI=1S/C19H17N3O3S/c23-19(16-7-5-11-21-13-16)22-14-18(15-6-4-10-20-12-15)26(24,25)17-8-2-1-3-9-17/h1-13,18H,14H2,(H,22,23)/t18-/m1/s1. The van der Waals surface area contributed by atoms with Crippen molar-refractivity contribution >= 4 is 15.7 Å². The molecule has 0 aliphatic carbocycles. The molecule has 132 valence electrons. The van der Waals surface area contributed by atoms with Gasteiger partial charge in [-0.3, -0.25) is 14.8 Å². The maximum Gasteiger partial charge on any atom is 0.252 e. The zero-order valence-corrected chi connectivity index (χ0v) is 14.6. The third-order valence-corrected chi connectivity index (χ3v) is 5.99. The fraction of sp³-hybridized carbons (Fsp3) is 0.105. The zero-order chi connectivity index (χ0) is 18.4. The maximum atomic E-state index is 13.1. The van der Waals surface area contributed by atoms with Crippen LogP contribution in [0, 0.1) is 0 Å². The fourth-order valence-electron chi connectivity index (χ4n) is 2.53. The highest BCUT2D eigenvalue weighted by molar-refractivity contribution is 7.91. The molecule has 26 heavy (non-hydrogen) atoms. The number of hydrogen-bond acceptors (Lipinski definition) is 5. The van der Waals surface area contributed by atoms with Crippen LogP contribution in [0.2, 0.25) is 0 Å². The molecule has 0 saturated carbocycles. The van der Waals surface area contributed by atoms with Gasteiger partial charge in [-0.1, -0.05) is 24.3 Å². The molecule has 0 bridgehead atoms. The molecule has 0 aliphatic rings. The summed E-state index contributed by atoms with van der Waals surface area (Å²) in [6.45, 7) is -0.0728. The molecule has 0 aliphatic heterocycles. The molecule has 0 unspecified atom stereocenters. The van der Waals surface area contributed by atoms with Gasteiger partial charge in [0.1, 0.15) is 5.25 Å². The number of nitrogens with one attached hydrogen (secondary N) is 1. The molecule has 3 aromatic rings. The van der Waals surface area contributed by atoms with E-state index in [0.29, 0.717) is 11.1 Å². The van der Waals surface area contributed by atoms with Crippen molar-refractivity contribution < 1.29 is 13.2 Å². The Labute approximate surface area is 151 Å². The highest BCUT2D eigenvalue weighted by Crippen LogP contribution is 2.28. The molecule has 2 heterocycles. The lowest BCUT2D eigenvalue weighted by Gasteiger charge is -2.18. The van der Waals surface area contributed by atoms with Crippen LogP contribution in [-0.4, -0.2) is 30.8 Å². The monoisotopic (exact) mass is 367 g/mol. The van der Waals surface area contributed by atoms with Crippen molar-refractivity contribution in [2.75, 3.05) is 6.54 Å². The van der Waals surface area contributed by atoms with Crippen molar-refractivity contribution in [2.24, 2.45) is 0 Å². The molecular weight excluding hydrogens is 350 g/mol. The SMILES string of the molecule is O=C(NC[C@H](c1cccnc1)S(=O)(=O)c1ccccc1)c1cccnc1. The summed E-state index contributed by atoms with van der Waals surface area (Å²) in [6, 6.07) is 14.8. The predicted molar refractivity (Wildman–Crippen MR) is 97.2 cm³/mol. The number of amides is 1. The van der Waals surface area contributed by atoms with Gasteiger partial charge in [0, 0.05) is 31.3 Å². The van der Waals surface area contributed by atoms with Gasteiger partial charge in [-0.05, 0) is 35.9 Å². The van der Waals surface area contributed by atoms with E-state index >= 15 is 0 Å². The average molecular weight is 367 g/mol. The van der Waals surface area contributed by atoms with Crippen molar-refractivity contribution in [3.05, 3.63) is 90.5 Å². The zero-order valence-electron chi connectivity index (χ0n) is 13.8. The molecule has 6 nitrogen and oxygen atoms in total. The Balaban J connectivity index is 1.89. The first-order chi connectivity index (χ1) is 12.6. The summed E-state index contributed by atoms with van der Waals surface area (Å²) >= 11 is 0. The van der Waals surface area contributed by atoms with Gasteiger partial charge in [-0.25, -0.2) is 8.42 Å². The largest absolute Gasteiger partial charge is 0.350 e. The van der Waals surface area contributed by atoms with Gasteiger partial charge in [0.05, 0.1) is 10.5 Å². The molecule has 7 heteroatoms. The van der Waals surface area contributed by atoms with Gasteiger partial charge in [-0.2, -0.15) is 0 Å². The topological polar surface area (TPSA) is 89.0 Å². The quantitative estimate of drug-likeness (QED) is 0.723. The van der Waals surface area contributed by atoms with Gasteiger partial charge in [0.15, 0.2) is 9.84 Å². The Bertz CT molecular complexity index is 963. The average Bonchev–Trinajstić information content (AvgIpc) is 2.70. The molecule has 1 atom stereocenters. The molecule has 2 aromatic heterocycles. The number of carbonyl (C=O) groups excluding carboxylic acids is 1. The van der Waals surface area contributed by atoms with Crippen LogP contribution in [0.1, 0.15) is 21.2 Å². The molecule has 1 amide bonds. The molecule has 0 spiro atoms. The Kier molecular flexibility index (Phi) is 5.38. The number of pyridine rings is 2. The smallest absolute Gasteiger partial charge is 0.252 e. The first-order valence-electron chi connectivity index (χ1n) is 7.96. The van der Waals surface area contributed by atoms with E-state index in [9.17, 15) is 13.2 Å². The summed E-state index contributed by atoms with van der Waals surface area (Å²) in [7, 11) is -3.70. The van der Waals surface area contributed by atoms with Crippen molar-refractivity contribution in [1.29, 1.82) is 0 Å². The number of rotatable bonds is 6. The molecule has 1 N–H and O–H groups in total. The van der Waals surface area contributed by atoms with E-state index in [1.54, 1.807) is 67.0 Å². The minimum atomic E-state index is -3.70. The summed E-state index contributed by atoms with van der Waals surface area (Å²) < 4.78 is 26.2. The number of carbonyl (C=O) groups is 1. The van der Waals surface area contributed by atoms with Crippen LogP contribution in [0.5, 0.6) is 0 Å². The second-order valence-corrected chi connectivity index (χ2v) is 7.72. The Morgan fingerprint density at radius 2 is 1.62 bits per heavy atom. The first kappa shape index (κ1) is 17.8. The van der Waals surface area contributed by atoms with E-state index in [1.807, 2.05) is 0 Å². The van der Waals surface area contributed by atoms with E-state index in [-0.39, 0.29) is 17.3 Å². The molecule has 0 radical (unpaired) electrons. The van der Waals surface area contributed by atoms with E-state index in [4.69, 9.17) is 0 Å². The number of benzene rings is 1. The van der Waals surface area contributed by atoms with Crippen LogP contribution in [0.15, 0.2) is 84.3 Å². The van der Waals surface area contributed by atoms with Crippen LogP contribution in [0.4, 0.5) is 0 Å². The third-order valence-electron chi connectivity index (χ3n) is 3.87. The van der Waals surface area contributed by atoms with Crippen LogP contribution in [-0.2, 0) is 9.84 Å². The van der Waals surface area contributed by atoms with Crippen LogP contribution >= 0.6 is 0 Å². The van der Waals surface area contributed by atoms with E-state index in [1.165, 1.54) is 12.4 Å². The van der Waals surface area contributed by atoms with Crippen LogP contribution in [0.3, 0.4) is 0 Å². The number of nitrogens with zero attached hydrogens (tertiary/aromatic N) is 2. The Morgan fingerprint density at radius 1 is 0.923 bits per heavy atom. The minimum absolute atomic E-state index is 0.0728. The van der Waals surface area contributed by atoms with Crippen molar-refractivity contribution in [2.45, 2.75) is 10.1 Å². The van der Waals surface area contributed by atoms with E-state index in [2.05, 4.69) is 15.3 Å². The van der Waals surface area contributed by atoms with Crippen molar-refractivity contribution in [3.63, 3.8) is 0 Å². The van der Waals surface area contributed by atoms with Gasteiger partial charge >= 0.3 is 0 Å². The van der Waals surface area contributed by atoms with Gasteiger partial charge in [0.25, 0.3) is 5.91 Å². The number of sulfone groups is 1. The Hall–Kier alpha value is -3.06. The van der Waals surface area contributed by atoms with Gasteiger partial charge in [-0.15, -0.1) is 0 Å². The van der Waals surface area contributed by atoms with E-state index in [0.717, 1.165) is 0 Å². The van der Waals surface area contributed by atoms with Crippen molar-refractivity contribution in [3.8, 4) is 0 Å². The van der Waals surface area contributed by atoms with Crippen LogP contribution < -0.4 is 5.32 Å². The number of hydrogen-bond donors (Lipinski definition) is 1. The fourth-order valence-corrected chi connectivity index (χ4v) is 4.20. The van der Waals surface area contributed by atoms with Crippen molar-refractivity contribution in [1.82, 2.24) is 15.3 Å². The normalized spacial score (nSPS) is 12.3. The second kappa shape index (κ2) is 7.88. The summed E-state index contributed by atoms with van der Waals surface area (Å²) in [5.74, 6) is -0.379. The highest BCUT2D eigenvalue weighted by atomic mass is 32.2. The molecule has 3 rings (SSSR count). The lowest BCUT2D eigenvalue weighted by atomic mass is 10.2. The second-order valence-electron chi connectivity index (χ2n) is 5.58.